The monoisotopic (exact) mass is 584 g/mol. The van der Waals surface area contributed by atoms with Gasteiger partial charge in [0.05, 0.1) is 11.6 Å². The van der Waals surface area contributed by atoms with Crippen molar-refractivity contribution >= 4 is 11.0 Å². The Morgan fingerprint density at radius 1 is 0.903 bits per heavy atom. The van der Waals surface area contributed by atoms with Crippen LogP contribution < -0.4 is 0 Å². The van der Waals surface area contributed by atoms with Crippen LogP contribution in [0.15, 0.2) is 67.0 Å². The molecule has 0 saturated heterocycles. The van der Waals surface area contributed by atoms with Crippen molar-refractivity contribution in [3.63, 3.8) is 0 Å². The van der Waals surface area contributed by atoms with E-state index in [1.807, 2.05) is 38.5 Å². The number of fused-ring (bicyclic) bond motifs is 1. The van der Waals surface area contributed by atoms with Crippen molar-refractivity contribution in [3.8, 4) is 28.2 Å². The number of hydrogen-bond acceptors (Lipinski definition) is 2. The standard InChI is InChI=1S/C26H23N4.Ir/c1-17-14-22(20-8-6-5-7-9-20)15-18(2)25(17)30-13-12-27-26(30)21-10-11-23-24(16-21)29(4)19(3)28-23;/h5-9,11-16H,1-4H3;/q-1;. The normalized spacial score (nSPS) is 11.0. The first-order valence-corrected chi connectivity index (χ1v) is 10.1. The van der Waals surface area contributed by atoms with Gasteiger partial charge >= 0.3 is 0 Å². The molecule has 0 amide bonds. The van der Waals surface area contributed by atoms with Gasteiger partial charge in [0.2, 0.25) is 0 Å². The van der Waals surface area contributed by atoms with E-state index < -0.39 is 0 Å². The molecule has 0 saturated carbocycles. The Morgan fingerprint density at radius 3 is 2.32 bits per heavy atom. The van der Waals surface area contributed by atoms with E-state index in [0.717, 1.165) is 33.9 Å². The van der Waals surface area contributed by atoms with Gasteiger partial charge in [-0.2, -0.15) is 0 Å². The number of benzene rings is 3. The van der Waals surface area contributed by atoms with Gasteiger partial charge in [-0.3, -0.25) is 9.97 Å². The van der Waals surface area contributed by atoms with Crippen LogP contribution in [-0.4, -0.2) is 19.1 Å². The van der Waals surface area contributed by atoms with Crippen molar-refractivity contribution < 1.29 is 20.1 Å². The number of aromatic nitrogens is 4. The molecule has 0 bridgehead atoms. The molecule has 0 unspecified atom stereocenters. The molecule has 5 heteroatoms. The average molecular weight is 584 g/mol. The van der Waals surface area contributed by atoms with Crippen LogP contribution in [-0.2, 0) is 27.2 Å². The summed E-state index contributed by atoms with van der Waals surface area (Å²) >= 11 is 0. The second kappa shape index (κ2) is 8.26. The molecule has 31 heavy (non-hydrogen) atoms. The van der Waals surface area contributed by atoms with Gasteiger partial charge in [0, 0.05) is 50.8 Å². The average Bonchev–Trinajstić information content (AvgIpc) is 3.33. The summed E-state index contributed by atoms with van der Waals surface area (Å²) in [5.74, 6) is 1.87. The minimum absolute atomic E-state index is 0. The maximum Gasteiger partial charge on any atom is 0.0941 e. The van der Waals surface area contributed by atoms with Crippen LogP contribution >= 0.6 is 0 Å². The summed E-state index contributed by atoms with van der Waals surface area (Å²) in [5.41, 5.74) is 9.05. The molecule has 0 aliphatic rings. The number of imidazole rings is 2. The topological polar surface area (TPSA) is 35.6 Å². The molecular formula is C26H23IrN4-. The quantitative estimate of drug-likeness (QED) is 0.251. The summed E-state index contributed by atoms with van der Waals surface area (Å²) in [6, 6.07) is 22.5. The maximum atomic E-state index is 4.67. The number of nitrogens with zero attached hydrogens (tertiary/aromatic N) is 4. The smallest absolute Gasteiger partial charge is 0.0941 e. The molecule has 1 radical (unpaired) electrons. The first-order valence-electron chi connectivity index (χ1n) is 10.1. The van der Waals surface area contributed by atoms with Gasteiger partial charge in [0.25, 0.3) is 0 Å². The summed E-state index contributed by atoms with van der Waals surface area (Å²) in [6.07, 6.45) is 3.88. The van der Waals surface area contributed by atoms with Gasteiger partial charge in [0.1, 0.15) is 0 Å². The zero-order valence-electron chi connectivity index (χ0n) is 18.0. The Labute approximate surface area is 195 Å². The fourth-order valence-electron chi connectivity index (χ4n) is 4.20. The predicted octanol–water partition coefficient (Wildman–Crippen LogP) is 5.82. The van der Waals surface area contributed by atoms with E-state index in [2.05, 4.69) is 81.5 Å². The van der Waals surface area contributed by atoms with Crippen molar-refractivity contribution in [2.75, 3.05) is 0 Å². The van der Waals surface area contributed by atoms with Gasteiger partial charge < -0.3 is 9.13 Å². The first kappa shape index (κ1) is 21.2. The fraction of sp³-hybridized carbons (Fsp3) is 0.154. The van der Waals surface area contributed by atoms with Crippen LogP contribution in [0.2, 0.25) is 0 Å². The molecule has 5 rings (SSSR count). The molecule has 2 heterocycles. The van der Waals surface area contributed by atoms with Crippen molar-refractivity contribution in [1.29, 1.82) is 0 Å². The molecule has 4 nitrogen and oxygen atoms in total. The van der Waals surface area contributed by atoms with Crippen molar-refractivity contribution in [2.24, 2.45) is 7.05 Å². The molecule has 0 aliphatic heterocycles. The Morgan fingerprint density at radius 2 is 1.61 bits per heavy atom. The minimum atomic E-state index is 0. The van der Waals surface area contributed by atoms with Crippen molar-refractivity contribution in [3.05, 3.63) is 90.0 Å². The molecule has 3 aromatic carbocycles. The summed E-state index contributed by atoms with van der Waals surface area (Å²) < 4.78 is 4.27. The summed E-state index contributed by atoms with van der Waals surface area (Å²) in [5, 5.41) is 0. The van der Waals surface area contributed by atoms with E-state index in [-0.39, 0.29) is 20.1 Å². The zero-order chi connectivity index (χ0) is 20.8. The van der Waals surface area contributed by atoms with Crippen LogP contribution in [0.5, 0.6) is 0 Å². The van der Waals surface area contributed by atoms with Crippen LogP contribution in [0.25, 0.3) is 39.2 Å². The molecule has 5 aromatic rings. The Hall–Kier alpha value is -3.01. The maximum absolute atomic E-state index is 4.67. The SMILES string of the molecule is Cc1cc(-c2ccccc2)cc(C)c1-n1ccnc1-c1[c-]cc2nc(C)n(C)c2c1.[Ir]. The third kappa shape index (κ3) is 3.65. The van der Waals surface area contributed by atoms with E-state index in [0.29, 0.717) is 0 Å². The minimum Gasteiger partial charge on any atom is -0.349 e. The molecule has 0 spiro atoms. The van der Waals surface area contributed by atoms with Crippen molar-refractivity contribution in [1.82, 2.24) is 19.1 Å². The zero-order valence-corrected chi connectivity index (χ0v) is 20.4. The number of rotatable bonds is 3. The Balaban J connectivity index is 0.00000231. The predicted molar refractivity (Wildman–Crippen MR) is 122 cm³/mol. The third-order valence-electron chi connectivity index (χ3n) is 5.76. The Bertz CT molecular complexity index is 1360. The second-order valence-electron chi connectivity index (χ2n) is 7.78. The van der Waals surface area contributed by atoms with Crippen LogP contribution in [0, 0.1) is 26.8 Å². The Kier molecular flexibility index (Phi) is 5.65. The van der Waals surface area contributed by atoms with Crippen molar-refractivity contribution in [2.45, 2.75) is 20.8 Å². The summed E-state index contributed by atoms with van der Waals surface area (Å²) in [4.78, 5) is 9.26. The number of aryl methyl sites for hydroxylation is 4. The molecular weight excluding hydrogens is 561 g/mol. The van der Waals surface area contributed by atoms with E-state index in [1.54, 1.807) is 0 Å². The fourth-order valence-corrected chi connectivity index (χ4v) is 4.20. The second-order valence-corrected chi connectivity index (χ2v) is 7.78. The van der Waals surface area contributed by atoms with Gasteiger partial charge in [-0.25, -0.2) is 0 Å². The third-order valence-corrected chi connectivity index (χ3v) is 5.76. The van der Waals surface area contributed by atoms with E-state index in [9.17, 15) is 0 Å². The summed E-state index contributed by atoms with van der Waals surface area (Å²) in [7, 11) is 2.04. The first-order chi connectivity index (χ1) is 14.5. The van der Waals surface area contributed by atoms with E-state index >= 15 is 0 Å². The van der Waals surface area contributed by atoms with Gasteiger partial charge in [-0.15, -0.1) is 23.8 Å². The van der Waals surface area contributed by atoms with Crippen LogP contribution in [0.4, 0.5) is 0 Å². The molecule has 157 valence electrons. The van der Waals surface area contributed by atoms with Gasteiger partial charge in [-0.1, -0.05) is 30.3 Å². The van der Waals surface area contributed by atoms with E-state index in [1.165, 1.54) is 22.3 Å². The van der Waals surface area contributed by atoms with Gasteiger partial charge in [-0.05, 0) is 60.7 Å². The number of hydrogen-bond donors (Lipinski definition) is 0. The van der Waals surface area contributed by atoms with Crippen LogP contribution in [0.3, 0.4) is 0 Å². The molecule has 0 N–H and O–H groups in total. The van der Waals surface area contributed by atoms with Crippen LogP contribution in [0.1, 0.15) is 17.0 Å². The van der Waals surface area contributed by atoms with Gasteiger partial charge in [0.15, 0.2) is 0 Å². The largest absolute Gasteiger partial charge is 0.349 e. The molecule has 0 atom stereocenters. The molecule has 0 fully saturated rings. The molecule has 0 aliphatic carbocycles. The molecule has 2 aromatic heterocycles. The summed E-state index contributed by atoms with van der Waals surface area (Å²) in [6.45, 7) is 6.34. The van der Waals surface area contributed by atoms with E-state index in [4.69, 9.17) is 0 Å².